The zero-order valence-corrected chi connectivity index (χ0v) is 11.7. The molecule has 0 saturated heterocycles. The van der Waals surface area contributed by atoms with E-state index in [0.29, 0.717) is 18.8 Å². The van der Waals surface area contributed by atoms with Crippen LogP contribution in [0.5, 0.6) is 0 Å². The molecule has 0 fully saturated rings. The summed E-state index contributed by atoms with van der Waals surface area (Å²) in [5.41, 5.74) is -0.717. The van der Waals surface area contributed by atoms with E-state index in [9.17, 15) is 9.59 Å². The molecule has 2 N–H and O–H groups in total. The lowest BCUT2D eigenvalue weighted by atomic mass is 10.0. The van der Waals surface area contributed by atoms with E-state index in [4.69, 9.17) is 5.11 Å². The number of likely N-dealkylation sites (N-methyl/N-ethyl adjacent to an activating group) is 1. The van der Waals surface area contributed by atoms with Gasteiger partial charge in [0.1, 0.15) is 5.54 Å². The average molecular weight is 268 g/mol. The van der Waals surface area contributed by atoms with Crippen molar-refractivity contribution < 1.29 is 14.7 Å². The van der Waals surface area contributed by atoms with E-state index in [1.807, 2.05) is 6.92 Å². The van der Waals surface area contributed by atoms with Crippen LogP contribution in [0.1, 0.15) is 27.7 Å². The van der Waals surface area contributed by atoms with Gasteiger partial charge in [-0.2, -0.15) is 5.10 Å². The Labute approximate surface area is 112 Å². The van der Waals surface area contributed by atoms with E-state index < -0.39 is 17.5 Å². The number of hydrogen-bond donors (Lipinski definition) is 2. The third-order valence-electron chi connectivity index (χ3n) is 2.97. The molecule has 0 aliphatic rings. The summed E-state index contributed by atoms with van der Waals surface area (Å²) in [6.07, 6.45) is 3.22. The number of anilines is 1. The largest absolute Gasteiger partial charge is 0.480 e. The molecule has 0 radical (unpaired) electrons. The van der Waals surface area contributed by atoms with Crippen LogP contribution in [0.3, 0.4) is 0 Å². The number of amides is 2. The molecule has 0 aliphatic heterocycles. The van der Waals surface area contributed by atoms with Crippen LogP contribution in [0.15, 0.2) is 12.4 Å². The SMILES string of the molecule is CCN(C(=O)Nc1cnn(CC)c1)C(C)(C)C(=O)O. The summed E-state index contributed by atoms with van der Waals surface area (Å²) in [6.45, 7) is 7.66. The van der Waals surface area contributed by atoms with E-state index in [2.05, 4.69) is 10.4 Å². The van der Waals surface area contributed by atoms with Crippen molar-refractivity contribution in [3.8, 4) is 0 Å². The standard InChI is InChI=1S/C12H20N4O3/c1-5-15-8-9(7-13-15)14-11(19)16(6-2)12(3,4)10(17)18/h7-8H,5-6H2,1-4H3,(H,14,19)(H,17,18). The van der Waals surface area contributed by atoms with Crippen molar-refractivity contribution in [3.05, 3.63) is 12.4 Å². The lowest BCUT2D eigenvalue weighted by Gasteiger charge is -2.33. The van der Waals surface area contributed by atoms with Crippen molar-refractivity contribution >= 4 is 17.7 Å². The molecule has 0 unspecified atom stereocenters. The van der Waals surface area contributed by atoms with Crippen molar-refractivity contribution in [3.63, 3.8) is 0 Å². The maximum absolute atomic E-state index is 12.1. The molecule has 2 amide bonds. The van der Waals surface area contributed by atoms with E-state index in [1.165, 1.54) is 24.9 Å². The summed E-state index contributed by atoms with van der Waals surface area (Å²) < 4.78 is 1.67. The number of rotatable bonds is 5. The highest BCUT2D eigenvalue weighted by molar-refractivity contribution is 5.93. The first-order valence-electron chi connectivity index (χ1n) is 6.17. The van der Waals surface area contributed by atoms with Crippen LogP contribution in [0.2, 0.25) is 0 Å². The lowest BCUT2D eigenvalue weighted by molar-refractivity contribution is -0.147. The molecule has 1 heterocycles. The first-order chi connectivity index (χ1) is 8.82. The predicted molar refractivity (Wildman–Crippen MR) is 71.0 cm³/mol. The number of carboxylic acid groups (broad SMARTS) is 1. The van der Waals surface area contributed by atoms with E-state index in [-0.39, 0.29) is 0 Å². The number of aliphatic carboxylic acids is 1. The Balaban J connectivity index is 2.82. The second-order valence-corrected chi connectivity index (χ2v) is 4.62. The summed E-state index contributed by atoms with van der Waals surface area (Å²) in [5.74, 6) is -1.05. The van der Waals surface area contributed by atoms with Crippen molar-refractivity contribution in [2.24, 2.45) is 0 Å². The molecule has 19 heavy (non-hydrogen) atoms. The van der Waals surface area contributed by atoms with Crippen LogP contribution in [-0.4, -0.2) is 43.9 Å². The van der Waals surface area contributed by atoms with Gasteiger partial charge in [-0.1, -0.05) is 0 Å². The fourth-order valence-corrected chi connectivity index (χ4v) is 1.70. The van der Waals surface area contributed by atoms with Crippen LogP contribution in [0, 0.1) is 0 Å². The van der Waals surface area contributed by atoms with Crippen LogP contribution in [-0.2, 0) is 11.3 Å². The molecule has 1 rings (SSSR count). The zero-order chi connectivity index (χ0) is 14.6. The summed E-state index contributed by atoms with van der Waals surface area (Å²) >= 11 is 0. The Morgan fingerprint density at radius 2 is 2.11 bits per heavy atom. The molecule has 0 atom stereocenters. The highest BCUT2D eigenvalue weighted by atomic mass is 16.4. The van der Waals surface area contributed by atoms with Crippen molar-refractivity contribution in [1.82, 2.24) is 14.7 Å². The predicted octanol–water partition coefficient (Wildman–Crippen LogP) is 1.62. The number of nitrogens with one attached hydrogen (secondary N) is 1. The Bertz CT molecular complexity index is 467. The smallest absolute Gasteiger partial charge is 0.329 e. The zero-order valence-electron chi connectivity index (χ0n) is 11.7. The summed E-state index contributed by atoms with van der Waals surface area (Å²) in [4.78, 5) is 24.6. The minimum absolute atomic E-state index is 0.299. The van der Waals surface area contributed by atoms with Crippen molar-refractivity contribution in [2.45, 2.75) is 39.8 Å². The van der Waals surface area contributed by atoms with Gasteiger partial charge >= 0.3 is 12.0 Å². The minimum atomic E-state index is -1.26. The van der Waals surface area contributed by atoms with Crippen molar-refractivity contribution in [2.75, 3.05) is 11.9 Å². The van der Waals surface area contributed by atoms with Gasteiger partial charge in [0.2, 0.25) is 0 Å². The van der Waals surface area contributed by atoms with Gasteiger partial charge in [0.25, 0.3) is 0 Å². The number of aromatic nitrogens is 2. The van der Waals surface area contributed by atoms with Gasteiger partial charge in [0.15, 0.2) is 0 Å². The van der Waals surface area contributed by atoms with Crippen molar-refractivity contribution in [1.29, 1.82) is 0 Å². The molecule has 0 spiro atoms. The topological polar surface area (TPSA) is 87.5 Å². The number of urea groups is 1. The fraction of sp³-hybridized carbons (Fsp3) is 0.583. The van der Waals surface area contributed by atoms with Crippen LogP contribution < -0.4 is 5.32 Å². The van der Waals surface area contributed by atoms with Crippen LogP contribution >= 0.6 is 0 Å². The normalized spacial score (nSPS) is 11.2. The van der Waals surface area contributed by atoms with Gasteiger partial charge in [0.05, 0.1) is 11.9 Å². The number of carbonyl (C=O) groups excluding carboxylic acids is 1. The second kappa shape index (κ2) is 5.73. The molecule has 7 nitrogen and oxygen atoms in total. The number of carbonyl (C=O) groups is 2. The molecule has 1 aromatic rings. The molecule has 0 bridgehead atoms. The van der Waals surface area contributed by atoms with Gasteiger partial charge in [0, 0.05) is 19.3 Å². The lowest BCUT2D eigenvalue weighted by Crippen LogP contribution is -2.54. The van der Waals surface area contributed by atoms with E-state index in [1.54, 1.807) is 17.8 Å². The molecule has 0 saturated carbocycles. The molecule has 0 aromatic carbocycles. The first kappa shape index (κ1) is 15.0. The highest BCUT2D eigenvalue weighted by Crippen LogP contribution is 2.16. The molecule has 106 valence electrons. The summed E-state index contributed by atoms with van der Waals surface area (Å²) in [7, 11) is 0. The molecular weight excluding hydrogens is 248 g/mol. The number of carboxylic acids is 1. The quantitative estimate of drug-likeness (QED) is 0.849. The monoisotopic (exact) mass is 268 g/mol. The fourth-order valence-electron chi connectivity index (χ4n) is 1.70. The van der Waals surface area contributed by atoms with Crippen LogP contribution in [0.4, 0.5) is 10.5 Å². The Kier molecular flexibility index (Phi) is 4.52. The Hall–Kier alpha value is -2.05. The number of aryl methyl sites for hydroxylation is 1. The first-order valence-corrected chi connectivity index (χ1v) is 6.17. The van der Waals surface area contributed by atoms with E-state index >= 15 is 0 Å². The molecular formula is C12H20N4O3. The van der Waals surface area contributed by atoms with Gasteiger partial charge in [-0.05, 0) is 27.7 Å². The summed E-state index contributed by atoms with van der Waals surface area (Å²) in [6, 6.07) is -0.453. The maximum Gasteiger partial charge on any atom is 0.329 e. The Morgan fingerprint density at radius 1 is 1.47 bits per heavy atom. The van der Waals surface area contributed by atoms with Gasteiger partial charge in [-0.15, -0.1) is 0 Å². The molecule has 0 aliphatic carbocycles. The number of hydrogen-bond acceptors (Lipinski definition) is 3. The second-order valence-electron chi connectivity index (χ2n) is 4.62. The van der Waals surface area contributed by atoms with Gasteiger partial charge < -0.3 is 15.3 Å². The van der Waals surface area contributed by atoms with Gasteiger partial charge in [-0.3, -0.25) is 4.68 Å². The number of nitrogens with zero attached hydrogens (tertiary/aromatic N) is 3. The maximum atomic E-state index is 12.1. The third-order valence-corrected chi connectivity index (χ3v) is 2.97. The molecule has 7 heteroatoms. The average Bonchev–Trinajstić information content (AvgIpc) is 2.76. The highest BCUT2D eigenvalue weighted by Gasteiger charge is 2.37. The molecule has 1 aromatic heterocycles. The minimum Gasteiger partial charge on any atom is -0.480 e. The summed E-state index contributed by atoms with van der Waals surface area (Å²) in [5, 5.41) is 15.8. The van der Waals surface area contributed by atoms with E-state index in [0.717, 1.165) is 0 Å². The Morgan fingerprint density at radius 3 is 2.53 bits per heavy atom. The van der Waals surface area contributed by atoms with Gasteiger partial charge in [-0.25, -0.2) is 9.59 Å². The third kappa shape index (κ3) is 3.24. The van der Waals surface area contributed by atoms with Crippen LogP contribution in [0.25, 0.3) is 0 Å².